The molecule has 0 aliphatic rings. The van der Waals surface area contributed by atoms with Gasteiger partial charge in [0.2, 0.25) is 0 Å². The molecule has 1 aromatic carbocycles. The molecular weight excluding hydrogens is 208 g/mol. The van der Waals surface area contributed by atoms with Crippen molar-refractivity contribution in [3.8, 4) is 0 Å². The van der Waals surface area contributed by atoms with E-state index in [1.54, 1.807) is 6.20 Å². The fourth-order valence-corrected chi connectivity index (χ4v) is 1.51. The molecule has 0 aliphatic heterocycles. The molecule has 0 saturated heterocycles. The molecule has 0 radical (unpaired) electrons. The monoisotopic (exact) mass is 218 g/mol. The molecule has 2 aromatic rings. The number of pyridine rings is 1. The quantitative estimate of drug-likeness (QED) is 0.830. The van der Waals surface area contributed by atoms with Crippen molar-refractivity contribution in [1.82, 2.24) is 4.98 Å². The standard InChI is InChI=1S/C12H11ClN2/c1-9-5-6-14-12(7-9)15-11-4-2-3-10(13)8-11/h2-8H,1H3,(H,14,15). The third-order valence-electron chi connectivity index (χ3n) is 2.01. The van der Waals surface area contributed by atoms with E-state index in [0.717, 1.165) is 11.5 Å². The molecular formula is C12H11ClN2. The van der Waals surface area contributed by atoms with Crippen LogP contribution in [0.25, 0.3) is 0 Å². The van der Waals surface area contributed by atoms with Gasteiger partial charge in [-0.25, -0.2) is 4.98 Å². The second-order valence-electron chi connectivity index (χ2n) is 3.35. The first-order chi connectivity index (χ1) is 7.24. The fourth-order valence-electron chi connectivity index (χ4n) is 1.32. The second kappa shape index (κ2) is 4.32. The molecule has 0 bridgehead atoms. The minimum Gasteiger partial charge on any atom is -0.340 e. The summed E-state index contributed by atoms with van der Waals surface area (Å²) < 4.78 is 0. The van der Waals surface area contributed by atoms with Crippen molar-refractivity contribution in [2.45, 2.75) is 6.92 Å². The fraction of sp³-hybridized carbons (Fsp3) is 0.0833. The normalized spacial score (nSPS) is 10.0. The maximum atomic E-state index is 5.88. The highest BCUT2D eigenvalue weighted by Crippen LogP contribution is 2.18. The molecule has 0 spiro atoms. The highest BCUT2D eigenvalue weighted by atomic mass is 35.5. The number of anilines is 2. The van der Waals surface area contributed by atoms with Crippen LogP contribution >= 0.6 is 11.6 Å². The van der Waals surface area contributed by atoms with Crippen LogP contribution < -0.4 is 5.32 Å². The Balaban J connectivity index is 2.22. The lowest BCUT2D eigenvalue weighted by atomic mass is 10.3. The summed E-state index contributed by atoms with van der Waals surface area (Å²) in [4.78, 5) is 4.21. The van der Waals surface area contributed by atoms with Crippen molar-refractivity contribution in [3.63, 3.8) is 0 Å². The van der Waals surface area contributed by atoms with E-state index < -0.39 is 0 Å². The average molecular weight is 219 g/mol. The van der Waals surface area contributed by atoms with E-state index in [1.165, 1.54) is 5.56 Å². The molecule has 0 saturated carbocycles. The Bertz CT molecular complexity index is 425. The molecule has 2 nitrogen and oxygen atoms in total. The van der Waals surface area contributed by atoms with Gasteiger partial charge >= 0.3 is 0 Å². The van der Waals surface area contributed by atoms with Gasteiger partial charge in [0.25, 0.3) is 0 Å². The van der Waals surface area contributed by atoms with E-state index in [2.05, 4.69) is 10.3 Å². The lowest BCUT2D eigenvalue weighted by Gasteiger charge is -2.05. The van der Waals surface area contributed by atoms with Crippen molar-refractivity contribution >= 4 is 23.1 Å². The third kappa shape index (κ3) is 2.70. The number of hydrogen-bond donors (Lipinski definition) is 1. The van der Waals surface area contributed by atoms with E-state index in [0.29, 0.717) is 5.02 Å². The van der Waals surface area contributed by atoms with Crippen molar-refractivity contribution in [2.75, 3.05) is 5.32 Å². The minimum absolute atomic E-state index is 0.715. The number of rotatable bonds is 2. The van der Waals surface area contributed by atoms with Crippen molar-refractivity contribution < 1.29 is 0 Å². The summed E-state index contributed by atoms with van der Waals surface area (Å²) in [7, 11) is 0. The maximum Gasteiger partial charge on any atom is 0.130 e. The molecule has 1 heterocycles. The second-order valence-corrected chi connectivity index (χ2v) is 3.79. The van der Waals surface area contributed by atoms with E-state index in [4.69, 9.17) is 11.6 Å². The van der Waals surface area contributed by atoms with Gasteiger partial charge < -0.3 is 5.32 Å². The molecule has 2 rings (SSSR count). The topological polar surface area (TPSA) is 24.9 Å². The molecule has 0 fully saturated rings. The molecule has 0 aliphatic carbocycles. The number of aromatic nitrogens is 1. The van der Waals surface area contributed by atoms with Gasteiger partial charge in [0, 0.05) is 16.9 Å². The maximum absolute atomic E-state index is 5.88. The molecule has 1 aromatic heterocycles. The highest BCUT2D eigenvalue weighted by molar-refractivity contribution is 6.30. The number of halogens is 1. The van der Waals surface area contributed by atoms with Gasteiger partial charge in [0.15, 0.2) is 0 Å². The summed E-state index contributed by atoms with van der Waals surface area (Å²) in [6, 6.07) is 11.5. The van der Waals surface area contributed by atoms with Gasteiger partial charge in [-0.15, -0.1) is 0 Å². The van der Waals surface area contributed by atoms with Crippen LogP contribution in [0.3, 0.4) is 0 Å². The van der Waals surface area contributed by atoms with Gasteiger partial charge in [0.1, 0.15) is 5.82 Å². The van der Waals surface area contributed by atoms with Gasteiger partial charge in [-0.3, -0.25) is 0 Å². The van der Waals surface area contributed by atoms with Crippen LogP contribution in [0.4, 0.5) is 11.5 Å². The number of hydrogen-bond acceptors (Lipinski definition) is 2. The van der Waals surface area contributed by atoms with E-state index in [9.17, 15) is 0 Å². The van der Waals surface area contributed by atoms with E-state index in [1.807, 2.05) is 43.3 Å². The Labute approximate surface area is 93.9 Å². The SMILES string of the molecule is Cc1ccnc(Nc2cccc(Cl)c2)c1. The average Bonchev–Trinajstić information content (AvgIpc) is 2.17. The van der Waals surface area contributed by atoms with Crippen molar-refractivity contribution in [1.29, 1.82) is 0 Å². The van der Waals surface area contributed by atoms with Gasteiger partial charge in [0.05, 0.1) is 0 Å². The van der Waals surface area contributed by atoms with Crippen LogP contribution in [0, 0.1) is 6.92 Å². The molecule has 1 N–H and O–H groups in total. The summed E-state index contributed by atoms with van der Waals surface area (Å²) in [6.07, 6.45) is 1.78. The summed E-state index contributed by atoms with van der Waals surface area (Å²) in [5.74, 6) is 0.831. The van der Waals surface area contributed by atoms with Crippen LogP contribution in [0.2, 0.25) is 5.02 Å². The van der Waals surface area contributed by atoms with Crippen LogP contribution in [0.15, 0.2) is 42.6 Å². The summed E-state index contributed by atoms with van der Waals surface area (Å²) >= 11 is 5.88. The molecule has 15 heavy (non-hydrogen) atoms. The highest BCUT2D eigenvalue weighted by Gasteiger charge is 1.96. The molecule has 76 valence electrons. The third-order valence-corrected chi connectivity index (χ3v) is 2.25. The predicted octanol–water partition coefficient (Wildman–Crippen LogP) is 3.79. The Morgan fingerprint density at radius 3 is 2.80 bits per heavy atom. The molecule has 3 heteroatoms. The number of aryl methyl sites for hydroxylation is 1. The Morgan fingerprint density at radius 1 is 1.20 bits per heavy atom. The first kappa shape index (κ1) is 9.99. The first-order valence-corrected chi connectivity index (χ1v) is 5.07. The number of nitrogens with one attached hydrogen (secondary N) is 1. The van der Waals surface area contributed by atoms with E-state index in [-0.39, 0.29) is 0 Å². The van der Waals surface area contributed by atoms with Crippen molar-refractivity contribution in [3.05, 3.63) is 53.2 Å². The molecule has 0 amide bonds. The van der Waals surface area contributed by atoms with Crippen LogP contribution in [0.1, 0.15) is 5.56 Å². The van der Waals surface area contributed by atoms with E-state index >= 15 is 0 Å². The van der Waals surface area contributed by atoms with Crippen LogP contribution in [0.5, 0.6) is 0 Å². The molecule has 0 atom stereocenters. The zero-order chi connectivity index (χ0) is 10.7. The lowest BCUT2D eigenvalue weighted by Crippen LogP contribution is -1.93. The largest absolute Gasteiger partial charge is 0.340 e. The van der Waals surface area contributed by atoms with Gasteiger partial charge in [-0.05, 0) is 42.8 Å². The lowest BCUT2D eigenvalue weighted by molar-refractivity contribution is 1.27. The zero-order valence-electron chi connectivity index (χ0n) is 8.37. The smallest absolute Gasteiger partial charge is 0.130 e. The van der Waals surface area contributed by atoms with Crippen LogP contribution in [-0.4, -0.2) is 4.98 Å². The summed E-state index contributed by atoms with van der Waals surface area (Å²) in [5.41, 5.74) is 2.12. The van der Waals surface area contributed by atoms with Gasteiger partial charge in [-0.2, -0.15) is 0 Å². The summed E-state index contributed by atoms with van der Waals surface area (Å²) in [5, 5.41) is 3.91. The number of nitrogens with zero attached hydrogens (tertiary/aromatic N) is 1. The predicted molar refractivity (Wildman–Crippen MR) is 63.7 cm³/mol. The molecule has 0 unspecified atom stereocenters. The van der Waals surface area contributed by atoms with Crippen molar-refractivity contribution in [2.24, 2.45) is 0 Å². The van der Waals surface area contributed by atoms with Crippen LogP contribution in [-0.2, 0) is 0 Å². The van der Waals surface area contributed by atoms with Gasteiger partial charge in [-0.1, -0.05) is 17.7 Å². The number of benzene rings is 1. The first-order valence-electron chi connectivity index (χ1n) is 4.69. The Morgan fingerprint density at radius 2 is 2.07 bits per heavy atom. The Hall–Kier alpha value is -1.54. The Kier molecular flexibility index (Phi) is 2.88. The zero-order valence-corrected chi connectivity index (χ0v) is 9.12. The minimum atomic E-state index is 0.715. The summed E-state index contributed by atoms with van der Waals surface area (Å²) in [6.45, 7) is 2.03.